The Balaban J connectivity index is 1.89. The molecule has 0 atom stereocenters. The van der Waals surface area contributed by atoms with E-state index in [1.807, 2.05) is 48.5 Å². The van der Waals surface area contributed by atoms with Crippen molar-refractivity contribution < 1.29 is 10.2 Å². The van der Waals surface area contributed by atoms with Gasteiger partial charge in [0.05, 0.1) is 0 Å². The zero-order chi connectivity index (χ0) is 15.8. The van der Waals surface area contributed by atoms with Crippen molar-refractivity contribution in [3.8, 4) is 0 Å². The van der Waals surface area contributed by atoms with Crippen molar-refractivity contribution in [1.29, 1.82) is 0 Å². The molecule has 0 amide bonds. The summed E-state index contributed by atoms with van der Waals surface area (Å²) in [7, 11) is 0. The second kappa shape index (κ2) is 8.48. The summed E-state index contributed by atoms with van der Waals surface area (Å²) in [5.41, 5.74) is 3.98. The first-order valence-corrected chi connectivity index (χ1v) is 7.59. The van der Waals surface area contributed by atoms with Gasteiger partial charge >= 0.3 is 0 Å². The summed E-state index contributed by atoms with van der Waals surface area (Å²) in [6, 6.07) is 15.6. The molecule has 0 saturated heterocycles. The van der Waals surface area contributed by atoms with Gasteiger partial charge in [-0.1, -0.05) is 24.3 Å². The van der Waals surface area contributed by atoms with Crippen LogP contribution in [0.25, 0.3) is 0 Å². The Kier molecular flexibility index (Phi) is 6.33. The highest BCUT2D eigenvalue weighted by Gasteiger charge is 2.00. The van der Waals surface area contributed by atoms with Crippen LogP contribution in [0.1, 0.15) is 11.1 Å². The maximum atomic E-state index is 8.89. The number of rotatable bonds is 6. The monoisotopic (exact) mass is 316 g/mol. The summed E-state index contributed by atoms with van der Waals surface area (Å²) >= 11 is 5.28. The molecule has 4 nitrogen and oxygen atoms in total. The van der Waals surface area contributed by atoms with Gasteiger partial charge in [-0.15, -0.1) is 0 Å². The molecule has 0 unspecified atom stereocenters. The minimum absolute atomic E-state index is 0.152. The highest BCUT2D eigenvalue weighted by molar-refractivity contribution is 7.80. The molecule has 0 bridgehead atoms. The molecular weight excluding hydrogens is 296 g/mol. The number of hydrogen-bond donors (Lipinski definition) is 4. The van der Waals surface area contributed by atoms with Crippen LogP contribution >= 0.6 is 12.2 Å². The molecule has 5 heteroatoms. The van der Waals surface area contributed by atoms with Gasteiger partial charge in [-0.25, -0.2) is 0 Å². The number of aliphatic hydroxyl groups excluding tert-OH is 2. The van der Waals surface area contributed by atoms with Gasteiger partial charge in [-0.3, -0.25) is 0 Å². The molecule has 0 radical (unpaired) electrons. The Morgan fingerprint density at radius 1 is 0.727 bits per heavy atom. The van der Waals surface area contributed by atoms with Crippen molar-refractivity contribution in [1.82, 2.24) is 0 Å². The van der Waals surface area contributed by atoms with Crippen LogP contribution in [0, 0.1) is 0 Å². The standard InChI is InChI=1S/C17H20N2O2S/c20-11-9-13-1-5-15(6-2-13)18-17(22)19-16-7-3-14(4-8-16)10-12-21/h1-8,20-21H,9-12H2,(H2,18,19,22). The molecule has 2 aromatic rings. The third-order valence-electron chi connectivity index (χ3n) is 3.22. The molecule has 0 heterocycles. The van der Waals surface area contributed by atoms with E-state index in [4.69, 9.17) is 22.4 Å². The first-order valence-electron chi connectivity index (χ1n) is 7.19. The van der Waals surface area contributed by atoms with E-state index in [0.29, 0.717) is 18.0 Å². The highest BCUT2D eigenvalue weighted by Crippen LogP contribution is 2.13. The van der Waals surface area contributed by atoms with Crippen molar-refractivity contribution >= 4 is 28.7 Å². The van der Waals surface area contributed by atoms with E-state index < -0.39 is 0 Å². The van der Waals surface area contributed by atoms with E-state index in [0.717, 1.165) is 22.5 Å². The van der Waals surface area contributed by atoms with Crippen molar-refractivity contribution in [3.05, 3.63) is 59.7 Å². The lowest BCUT2D eigenvalue weighted by Crippen LogP contribution is -2.19. The van der Waals surface area contributed by atoms with Crippen LogP contribution < -0.4 is 10.6 Å². The highest BCUT2D eigenvalue weighted by atomic mass is 32.1. The first kappa shape index (κ1) is 16.4. The Morgan fingerprint density at radius 3 is 1.41 bits per heavy atom. The average molecular weight is 316 g/mol. The van der Waals surface area contributed by atoms with E-state index >= 15 is 0 Å². The molecule has 0 saturated carbocycles. The predicted molar refractivity (Wildman–Crippen MR) is 94.3 cm³/mol. The Hall–Kier alpha value is -1.95. The summed E-state index contributed by atoms with van der Waals surface area (Å²) in [5, 5.41) is 24.5. The van der Waals surface area contributed by atoms with Gasteiger partial charge < -0.3 is 20.8 Å². The molecule has 0 aliphatic rings. The maximum Gasteiger partial charge on any atom is 0.175 e. The summed E-state index contributed by atoms with van der Waals surface area (Å²) < 4.78 is 0. The zero-order valence-corrected chi connectivity index (χ0v) is 13.1. The fourth-order valence-electron chi connectivity index (χ4n) is 2.06. The maximum absolute atomic E-state index is 8.89. The van der Waals surface area contributed by atoms with Crippen molar-refractivity contribution in [2.45, 2.75) is 12.8 Å². The number of benzene rings is 2. The quantitative estimate of drug-likeness (QED) is 0.617. The molecule has 0 aliphatic carbocycles. The van der Waals surface area contributed by atoms with Gasteiger partial charge in [-0.05, 0) is 60.5 Å². The molecule has 4 N–H and O–H groups in total. The second-order valence-corrected chi connectivity index (χ2v) is 5.33. The average Bonchev–Trinajstić information content (AvgIpc) is 2.52. The summed E-state index contributed by atoms with van der Waals surface area (Å²) in [6.07, 6.45) is 1.31. The normalized spacial score (nSPS) is 10.3. The van der Waals surface area contributed by atoms with Crippen LogP contribution in [0.4, 0.5) is 11.4 Å². The Morgan fingerprint density at radius 2 is 1.09 bits per heavy atom. The summed E-state index contributed by atoms with van der Waals surface area (Å²) in [5.74, 6) is 0. The molecule has 116 valence electrons. The van der Waals surface area contributed by atoms with Crippen molar-refractivity contribution in [2.24, 2.45) is 0 Å². The third kappa shape index (κ3) is 5.11. The van der Waals surface area contributed by atoms with Crippen LogP contribution in [0.5, 0.6) is 0 Å². The van der Waals surface area contributed by atoms with Crippen LogP contribution in [0.2, 0.25) is 0 Å². The van der Waals surface area contributed by atoms with Crippen molar-refractivity contribution in [3.63, 3.8) is 0 Å². The molecular formula is C17H20N2O2S. The minimum atomic E-state index is 0.152. The topological polar surface area (TPSA) is 64.5 Å². The smallest absolute Gasteiger partial charge is 0.175 e. The fourth-order valence-corrected chi connectivity index (χ4v) is 2.30. The van der Waals surface area contributed by atoms with Gasteiger partial charge in [0.2, 0.25) is 0 Å². The largest absolute Gasteiger partial charge is 0.396 e. The third-order valence-corrected chi connectivity index (χ3v) is 3.43. The Bertz CT molecular complexity index is 544. The predicted octanol–water partition coefficient (Wildman–Crippen LogP) is 2.57. The second-order valence-electron chi connectivity index (χ2n) is 4.92. The molecule has 22 heavy (non-hydrogen) atoms. The molecule has 2 rings (SSSR count). The van der Waals surface area contributed by atoms with Crippen LogP contribution in [0.15, 0.2) is 48.5 Å². The molecule has 0 aliphatic heterocycles. The summed E-state index contributed by atoms with van der Waals surface area (Å²) in [4.78, 5) is 0. The molecule has 0 aromatic heterocycles. The van der Waals surface area contributed by atoms with E-state index in [9.17, 15) is 0 Å². The van der Waals surface area contributed by atoms with Gasteiger partial charge in [0.1, 0.15) is 0 Å². The van der Waals surface area contributed by atoms with Gasteiger partial charge in [-0.2, -0.15) is 0 Å². The number of hydrogen-bond acceptors (Lipinski definition) is 3. The number of nitrogens with one attached hydrogen (secondary N) is 2. The lowest BCUT2D eigenvalue weighted by Gasteiger charge is -2.11. The first-order chi connectivity index (χ1) is 10.7. The lowest BCUT2D eigenvalue weighted by atomic mass is 10.1. The van der Waals surface area contributed by atoms with Crippen LogP contribution in [-0.4, -0.2) is 28.5 Å². The van der Waals surface area contributed by atoms with E-state index in [2.05, 4.69) is 10.6 Å². The molecule has 2 aromatic carbocycles. The number of anilines is 2. The Labute approximate surface area is 135 Å². The molecule has 0 fully saturated rings. The van der Waals surface area contributed by atoms with Gasteiger partial charge in [0.25, 0.3) is 0 Å². The van der Waals surface area contributed by atoms with Gasteiger partial charge in [0, 0.05) is 24.6 Å². The van der Waals surface area contributed by atoms with E-state index in [-0.39, 0.29) is 13.2 Å². The van der Waals surface area contributed by atoms with Gasteiger partial charge in [0.15, 0.2) is 5.11 Å². The number of aliphatic hydroxyl groups is 2. The lowest BCUT2D eigenvalue weighted by molar-refractivity contribution is 0.299. The summed E-state index contributed by atoms with van der Waals surface area (Å²) in [6.45, 7) is 0.304. The SMILES string of the molecule is OCCc1ccc(NC(=S)Nc2ccc(CCO)cc2)cc1. The minimum Gasteiger partial charge on any atom is -0.396 e. The number of thiocarbonyl (C=S) groups is 1. The van der Waals surface area contributed by atoms with E-state index in [1.54, 1.807) is 0 Å². The van der Waals surface area contributed by atoms with Crippen LogP contribution in [-0.2, 0) is 12.8 Å². The van der Waals surface area contributed by atoms with E-state index in [1.165, 1.54) is 0 Å². The zero-order valence-electron chi connectivity index (χ0n) is 12.2. The molecule has 0 spiro atoms. The van der Waals surface area contributed by atoms with Crippen molar-refractivity contribution in [2.75, 3.05) is 23.8 Å². The fraction of sp³-hybridized carbons (Fsp3) is 0.235. The van der Waals surface area contributed by atoms with Crippen LogP contribution in [0.3, 0.4) is 0 Å².